The zero-order valence-electron chi connectivity index (χ0n) is 18.9. The Hall–Kier alpha value is -3.72. The molecule has 1 aromatic heterocycles. The number of rotatable bonds is 7. The third-order valence-electron chi connectivity index (χ3n) is 5.81. The Morgan fingerprint density at radius 2 is 1.91 bits per heavy atom. The summed E-state index contributed by atoms with van der Waals surface area (Å²) in [6.45, 7) is 4.75. The fourth-order valence-corrected chi connectivity index (χ4v) is 4.45. The Bertz CT molecular complexity index is 1180. The van der Waals surface area contributed by atoms with Crippen LogP contribution >= 0.6 is 11.8 Å². The molecule has 0 saturated carbocycles. The maximum Gasteiger partial charge on any atom is 0.323 e. The molecule has 4 N–H and O–H groups in total. The predicted octanol–water partition coefficient (Wildman–Crippen LogP) is 3.80. The van der Waals surface area contributed by atoms with Crippen LogP contribution < -0.4 is 16.0 Å². The standard InChI is InChI=1S/C24H27N7OS/c1-16-24(21-22(26-14-25)28-15-27-21,18-7-9-19(10-8-18)30(2)3)29-23(32)31(16)13-17-5-11-20(33-4)12-6-17/h5-12,14-15H,1,13H2,2-4H3,(H2,25,26)(H,27,28)(H,29,32). The van der Waals surface area contributed by atoms with Crippen LogP contribution in [-0.4, -0.2) is 47.6 Å². The quantitative estimate of drug-likeness (QED) is 0.282. The minimum absolute atomic E-state index is 0.247. The lowest BCUT2D eigenvalue weighted by Crippen LogP contribution is -2.41. The third kappa shape index (κ3) is 3.95. The van der Waals surface area contributed by atoms with E-state index in [1.807, 2.05) is 73.8 Å². The number of H-pyrrole nitrogens is 1. The van der Waals surface area contributed by atoms with Crippen LogP contribution in [0.2, 0.25) is 0 Å². The Morgan fingerprint density at radius 3 is 2.52 bits per heavy atom. The molecule has 1 aliphatic heterocycles. The second kappa shape index (κ2) is 9.03. The van der Waals surface area contributed by atoms with Crippen LogP contribution in [0.3, 0.4) is 0 Å². The number of aliphatic imine (C=N–C) groups is 1. The van der Waals surface area contributed by atoms with Gasteiger partial charge in [-0.15, -0.1) is 11.8 Å². The highest BCUT2D eigenvalue weighted by atomic mass is 32.2. The first-order valence-electron chi connectivity index (χ1n) is 10.4. The molecule has 1 unspecified atom stereocenters. The Balaban J connectivity index is 1.80. The topological polar surface area (TPSA) is 103 Å². The van der Waals surface area contributed by atoms with E-state index in [0.29, 0.717) is 23.8 Å². The molecule has 3 aromatic rings. The molecule has 1 atom stereocenters. The highest BCUT2D eigenvalue weighted by Gasteiger charge is 2.51. The van der Waals surface area contributed by atoms with E-state index in [1.165, 1.54) is 17.6 Å². The van der Waals surface area contributed by atoms with Crippen LogP contribution in [-0.2, 0) is 12.1 Å². The van der Waals surface area contributed by atoms with Gasteiger partial charge in [0.1, 0.15) is 0 Å². The van der Waals surface area contributed by atoms with Crippen molar-refractivity contribution in [3.8, 4) is 0 Å². The number of amides is 2. The monoisotopic (exact) mass is 461 g/mol. The third-order valence-corrected chi connectivity index (χ3v) is 6.55. The van der Waals surface area contributed by atoms with E-state index in [1.54, 1.807) is 16.7 Å². The van der Waals surface area contributed by atoms with Crippen molar-refractivity contribution in [2.75, 3.05) is 25.3 Å². The first-order valence-corrected chi connectivity index (χ1v) is 11.6. The van der Waals surface area contributed by atoms with E-state index < -0.39 is 5.54 Å². The highest BCUT2D eigenvalue weighted by Crippen LogP contribution is 2.44. The summed E-state index contributed by atoms with van der Waals surface area (Å²) in [5, 5.41) is 3.16. The largest absolute Gasteiger partial charge is 0.390 e. The predicted molar refractivity (Wildman–Crippen MR) is 134 cm³/mol. The summed E-state index contributed by atoms with van der Waals surface area (Å²) in [7, 11) is 3.96. The smallest absolute Gasteiger partial charge is 0.323 e. The number of imidazole rings is 1. The summed E-state index contributed by atoms with van der Waals surface area (Å²) in [6, 6.07) is 15.9. The van der Waals surface area contributed by atoms with Gasteiger partial charge in [-0.2, -0.15) is 0 Å². The average Bonchev–Trinajstić information content (AvgIpc) is 3.38. The van der Waals surface area contributed by atoms with Crippen molar-refractivity contribution in [1.82, 2.24) is 20.2 Å². The Morgan fingerprint density at radius 1 is 1.21 bits per heavy atom. The molecule has 2 heterocycles. The van der Waals surface area contributed by atoms with Crippen LogP contribution in [0.25, 0.3) is 0 Å². The van der Waals surface area contributed by atoms with Crippen molar-refractivity contribution in [3.63, 3.8) is 0 Å². The first-order chi connectivity index (χ1) is 15.9. The second-order valence-corrected chi connectivity index (χ2v) is 8.76. The number of hydrogen-bond donors (Lipinski definition) is 3. The SMILES string of the molecule is C=C1N(Cc2ccc(SC)cc2)C(=O)NC1(c1ccc(N(C)C)cc1)c1[nH]cnc1N=CN. The Kier molecular flexibility index (Phi) is 6.15. The number of carbonyl (C=O) groups is 1. The van der Waals surface area contributed by atoms with Crippen LogP contribution in [0.5, 0.6) is 0 Å². The first kappa shape index (κ1) is 22.5. The van der Waals surface area contributed by atoms with Gasteiger partial charge in [0, 0.05) is 24.7 Å². The number of nitrogens with one attached hydrogen (secondary N) is 2. The molecule has 170 valence electrons. The van der Waals surface area contributed by atoms with Gasteiger partial charge in [-0.25, -0.2) is 14.8 Å². The molecular weight excluding hydrogens is 434 g/mol. The fraction of sp³-hybridized carbons (Fsp3) is 0.208. The number of aromatic amines is 1. The minimum Gasteiger partial charge on any atom is -0.390 e. The van der Waals surface area contributed by atoms with E-state index in [2.05, 4.69) is 26.9 Å². The number of aromatic nitrogens is 2. The lowest BCUT2D eigenvalue weighted by molar-refractivity contribution is 0.221. The van der Waals surface area contributed by atoms with Crippen LogP contribution in [0, 0.1) is 0 Å². The van der Waals surface area contributed by atoms with Crippen LogP contribution in [0.4, 0.5) is 16.3 Å². The van der Waals surface area contributed by atoms with Crippen molar-refractivity contribution >= 4 is 35.6 Å². The summed E-state index contributed by atoms with van der Waals surface area (Å²) in [5.74, 6) is 0.391. The average molecular weight is 462 g/mol. The zero-order chi connectivity index (χ0) is 23.6. The molecule has 8 nitrogen and oxygen atoms in total. The summed E-state index contributed by atoms with van der Waals surface area (Å²) >= 11 is 1.68. The van der Waals surface area contributed by atoms with Gasteiger partial charge < -0.3 is 20.9 Å². The number of thioether (sulfide) groups is 1. The van der Waals surface area contributed by atoms with Gasteiger partial charge in [-0.1, -0.05) is 30.8 Å². The van der Waals surface area contributed by atoms with Crippen LogP contribution in [0.1, 0.15) is 16.8 Å². The number of benzene rings is 2. The molecule has 1 fully saturated rings. The molecule has 33 heavy (non-hydrogen) atoms. The van der Waals surface area contributed by atoms with E-state index in [9.17, 15) is 4.79 Å². The van der Waals surface area contributed by atoms with Gasteiger partial charge in [0.15, 0.2) is 11.4 Å². The molecule has 9 heteroatoms. The van der Waals surface area contributed by atoms with Gasteiger partial charge in [0.25, 0.3) is 0 Å². The fourth-order valence-electron chi connectivity index (χ4n) is 4.04. The lowest BCUT2D eigenvalue weighted by Gasteiger charge is -2.31. The van der Waals surface area contributed by atoms with Gasteiger partial charge in [0.05, 0.1) is 30.6 Å². The van der Waals surface area contributed by atoms with Crippen molar-refractivity contribution in [1.29, 1.82) is 0 Å². The van der Waals surface area contributed by atoms with E-state index >= 15 is 0 Å². The summed E-state index contributed by atoms with van der Waals surface area (Å²) in [6.07, 6.45) is 4.76. The number of nitrogens with two attached hydrogens (primary N) is 1. The number of nitrogens with zero attached hydrogens (tertiary/aromatic N) is 4. The summed E-state index contributed by atoms with van der Waals surface area (Å²) < 4.78 is 0. The molecule has 4 rings (SSSR count). The summed E-state index contributed by atoms with van der Waals surface area (Å²) in [4.78, 5) is 29.8. The lowest BCUT2D eigenvalue weighted by atomic mass is 9.84. The van der Waals surface area contributed by atoms with Gasteiger partial charge >= 0.3 is 6.03 Å². The maximum absolute atomic E-state index is 13.3. The van der Waals surface area contributed by atoms with Crippen molar-refractivity contribution in [2.45, 2.75) is 17.0 Å². The number of hydrogen-bond acceptors (Lipinski definition) is 5. The van der Waals surface area contributed by atoms with E-state index in [4.69, 9.17) is 5.73 Å². The molecular formula is C24H27N7OS. The number of anilines is 1. The number of urea groups is 1. The van der Waals surface area contributed by atoms with E-state index in [0.717, 1.165) is 16.8 Å². The van der Waals surface area contributed by atoms with Crippen molar-refractivity contribution in [2.24, 2.45) is 10.7 Å². The zero-order valence-corrected chi connectivity index (χ0v) is 19.7. The van der Waals surface area contributed by atoms with E-state index in [-0.39, 0.29) is 6.03 Å². The van der Waals surface area contributed by atoms with Gasteiger partial charge in [-0.05, 0) is 41.6 Å². The molecule has 1 aliphatic rings. The number of carbonyl (C=O) groups excluding carboxylic acids is 1. The molecule has 0 radical (unpaired) electrons. The second-order valence-electron chi connectivity index (χ2n) is 7.88. The molecule has 0 bridgehead atoms. The molecule has 2 aromatic carbocycles. The Labute approximate surface area is 197 Å². The van der Waals surface area contributed by atoms with Gasteiger partial charge in [-0.3, -0.25) is 4.90 Å². The van der Waals surface area contributed by atoms with Crippen molar-refractivity contribution < 1.29 is 4.79 Å². The molecule has 0 spiro atoms. The summed E-state index contributed by atoms with van der Waals surface area (Å²) in [5.41, 5.74) is 8.56. The van der Waals surface area contributed by atoms with Crippen molar-refractivity contribution in [3.05, 3.63) is 84.0 Å². The molecule has 2 amide bonds. The highest BCUT2D eigenvalue weighted by molar-refractivity contribution is 7.98. The molecule has 1 saturated heterocycles. The van der Waals surface area contributed by atoms with Gasteiger partial charge in [0.2, 0.25) is 0 Å². The maximum atomic E-state index is 13.3. The molecule has 0 aliphatic carbocycles. The van der Waals surface area contributed by atoms with Crippen LogP contribution in [0.15, 0.2) is 77.0 Å². The minimum atomic E-state index is -1.07. The normalized spacial score (nSPS) is 18.2.